The minimum absolute atomic E-state index is 0.00907. The molecule has 0 spiro atoms. The first-order valence-corrected chi connectivity index (χ1v) is 11.5. The summed E-state index contributed by atoms with van der Waals surface area (Å²) < 4.78 is 0. The average molecular weight is 460 g/mol. The minimum Gasteiger partial charge on any atom is -0.480 e. The Balaban J connectivity index is 2.73. The number of hydrogen-bond acceptors (Lipinski definition) is 7. The molecule has 0 aromatic rings. The highest BCUT2D eigenvalue weighted by Crippen LogP contribution is 2.19. The van der Waals surface area contributed by atoms with Gasteiger partial charge in [-0.05, 0) is 44.6 Å². The van der Waals surface area contributed by atoms with Gasteiger partial charge in [-0.3, -0.25) is 14.4 Å². The summed E-state index contributed by atoms with van der Waals surface area (Å²) in [6, 6.07) is -3.48. The predicted octanol–water partition coefficient (Wildman–Crippen LogP) is -0.536. The minimum atomic E-state index is -1.14. The number of rotatable bonds is 13. The largest absolute Gasteiger partial charge is 0.480 e. The maximum absolute atomic E-state index is 12.8. The van der Waals surface area contributed by atoms with Crippen molar-refractivity contribution in [2.75, 3.05) is 18.8 Å². The molecule has 7 N–H and O–H groups in total. The number of unbranched alkanes of at least 4 members (excludes halogenated alkanes) is 1. The van der Waals surface area contributed by atoms with E-state index in [1.807, 2.05) is 13.8 Å². The number of amides is 3. The number of aliphatic carboxylic acids is 1. The van der Waals surface area contributed by atoms with E-state index >= 15 is 0 Å². The van der Waals surface area contributed by atoms with E-state index in [-0.39, 0.29) is 24.0 Å². The highest BCUT2D eigenvalue weighted by molar-refractivity contribution is 7.80. The third-order valence-electron chi connectivity index (χ3n) is 5.26. The van der Waals surface area contributed by atoms with Gasteiger partial charge in [0.25, 0.3) is 0 Å². The van der Waals surface area contributed by atoms with Crippen LogP contribution >= 0.6 is 12.6 Å². The molecule has 4 atom stereocenters. The van der Waals surface area contributed by atoms with E-state index in [1.54, 1.807) is 0 Å². The van der Waals surface area contributed by atoms with Crippen molar-refractivity contribution in [2.24, 2.45) is 17.4 Å². The lowest BCUT2D eigenvalue weighted by molar-refractivity contribution is -0.143. The first-order chi connectivity index (χ1) is 14.6. The van der Waals surface area contributed by atoms with Crippen molar-refractivity contribution < 1.29 is 24.3 Å². The number of carbonyl (C=O) groups excluding carboxylic acids is 3. The molecule has 0 aromatic carbocycles. The van der Waals surface area contributed by atoms with Crippen LogP contribution in [0.25, 0.3) is 0 Å². The number of carboxylic acid groups (broad SMARTS) is 1. The van der Waals surface area contributed by atoms with Crippen molar-refractivity contribution in [1.29, 1.82) is 0 Å². The number of nitrogens with two attached hydrogens (primary N) is 2. The van der Waals surface area contributed by atoms with E-state index in [1.165, 1.54) is 4.90 Å². The van der Waals surface area contributed by atoms with Gasteiger partial charge in [-0.25, -0.2) is 4.79 Å². The summed E-state index contributed by atoms with van der Waals surface area (Å²) in [6.45, 7) is 4.66. The summed E-state index contributed by atoms with van der Waals surface area (Å²) in [5.74, 6) is -2.45. The van der Waals surface area contributed by atoms with Crippen molar-refractivity contribution in [3.05, 3.63) is 0 Å². The van der Waals surface area contributed by atoms with Crippen LogP contribution in [0.15, 0.2) is 0 Å². The van der Waals surface area contributed by atoms with Crippen molar-refractivity contribution in [1.82, 2.24) is 15.5 Å². The average Bonchev–Trinajstić information content (AvgIpc) is 3.20. The standard InChI is InChI=1S/C20H37N5O5S/c1-12(2)10-14(20(29)30)23-17(26)15(11-31)24-18(27)16-7-5-9-25(16)19(28)13(22)6-3-4-8-21/h12-16,31H,3-11,21-22H2,1-2H3,(H,23,26)(H,24,27)(H,29,30). The van der Waals surface area contributed by atoms with Gasteiger partial charge in [0.1, 0.15) is 18.1 Å². The summed E-state index contributed by atoms with van der Waals surface area (Å²) in [5, 5.41) is 14.4. The van der Waals surface area contributed by atoms with Crippen LogP contribution in [0.3, 0.4) is 0 Å². The molecule has 178 valence electrons. The fourth-order valence-corrected chi connectivity index (χ4v) is 3.83. The van der Waals surface area contributed by atoms with Crippen LogP contribution < -0.4 is 22.1 Å². The second-order valence-corrected chi connectivity index (χ2v) is 8.72. The molecule has 1 rings (SSSR count). The Bertz CT molecular complexity index is 633. The summed E-state index contributed by atoms with van der Waals surface area (Å²) >= 11 is 4.13. The lowest BCUT2D eigenvalue weighted by Gasteiger charge is -2.28. The molecular weight excluding hydrogens is 422 g/mol. The molecule has 0 radical (unpaired) electrons. The fourth-order valence-electron chi connectivity index (χ4n) is 3.58. The molecule has 10 nitrogen and oxygen atoms in total. The molecular formula is C20H37N5O5S. The lowest BCUT2D eigenvalue weighted by Crippen LogP contribution is -2.57. The van der Waals surface area contributed by atoms with Gasteiger partial charge in [-0.1, -0.05) is 20.3 Å². The fraction of sp³-hybridized carbons (Fsp3) is 0.800. The monoisotopic (exact) mass is 459 g/mol. The van der Waals surface area contributed by atoms with Gasteiger partial charge in [0, 0.05) is 12.3 Å². The summed E-state index contributed by atoms with van der Waals surface area (Å²) in [5.41, 5.74) is 11.5. The Morgan fingerprint density at radius 1 is 1.16 bits per heavy atom. The Morgan fingerprint density at radius 3 is 2.39 bits per heavy atom. The highest BCUT2D eigenvalue weighted by Gasteiger charge is 2.37. The van der Waals surface area contributed by atoms with E-state index in [4.69, 9.17) is 11.5 Å². The van der Waals surface area contributed by atoms with Crippen LogP contribution in [-0.2, 0) is 19.2 Å². The second-order valence-electron chi connectivity index (χ2n) is 8.35. The van der Waals surface area contributed by atoms with Crippen LogP contribution in [0.5, 0.6) is 0 Å². The third kappa shape index (κ3) is 8.66. The van der Waals surface area contributed by atoms with Gasteiger partial charge >= 0.3 is 5.97 Å². The first kappa shape index (κ1) is 27.2. The van der Waals surface area contributed by atoms with Gasteiger partial charge in [0.05, 0.1) is 6.04 Å². The van der Waals surface area contributed by atoms with Crippen LogP contribution in [0.1, 0.15) is 52.4 Å². The molecule has 1 aliphatic rings. The van der Waals surface area contributed by atoms with Gasteiger partial charge in [-0.15, -0.1) is 0 Å². The number of likely N-dealkylation sites (tertiary alicyclic amines) is 1. The predicted molar refractivity (Wildman–Crippen MR) is 120 cm³/mol. The van der Waals surface area contributed by atoms with E-state index in [2.05, 4.69) is 23.3 Å². The molecule has 1 aliphatic heterocycles. The number of nitrogens with one attached hydrogen (secondary N) is 2. The number of carboxylic acids is 1. The molecule has 1 fully saturated rings. The molecule has 1 saturated heterocycles. The zero-order chi connectivity index (χ0) is 23.6. The maximum atomic E-state index is 12.8. The van der Waals surface area contributed by atoms with Crippen LogP contribution in [0, 0.1) is 5.92 Å². The summed E-state index contributed by atoms with van der Waals surface area (Å²) in [6.07, 6.45) is 3.40. The molecule has 11 heteroatoms. The second kappa shape index (κ2) is 13.5. The SMILES string of the molecule is CC(C)CC(NC(=O)C(CS)NC(=O)C1CCCN1C(=O)C(N)CCCCN)C(=O)O. The van der Waals surface area contributed by atoms with Crippen LogP contribution in [-0.4, -0.2) is 76.7 Å². The smallest absolute Gasteiger partial charge is 0.326 e. The molecule has 4 unspecified atom stereocenters. The first-order valence-electron chi connectivity index (χ1n) is 10.8. The third-order valence-corrected chi connectivity index (χ3v) is 5.63. The Kier molecular flexibility index (Phi) is 11.9. The van der Waals surface area contributed by atoms with E-state index < -0.39 is 42.0 Å². The lowest BCUT2D eigenvalue weighted by atomic mass is 10.0. The summed E-state index contributed by atoms with van der Waals surface area (Å²) in [4.78, 5) is 50.9. The summed E-state index contributed by atoms with van der Waals surface area (Å²) in [7, 11) is 0. The Labute approximate surface area is 189 Å². The van der Waals surface area contributed by atoms with Crippen molar-refractivity contribution in [3.8, 4) is 0 Å². The van der Waals surface area contributed by atoms with E-state index in [0.717, 1.165) is 12.8 Å². The van der Waals surface area contributed by atoms with Crippen molar-refractivity contribution >= 4 is 36.3 Å². The highest BCUT2D eigenvalue weighted by atomic mass is 32.1. The van der Waals surface area contributed by atoms with Gasteiger partial charge in [0.15, 0.2) is 0 Å². The molecule has 31 heavy (non-hydrogen) atoms. The van der Waals surface area contributed by atoms with Gasteiger partial charge in [-0.2, -0.15) is 12.6 Å². The number of hydrogen-bond donors (Lipinski definition) is 6. The Morgan fingerprint density at radius 2 is 1.84 bits per heavy atom. The Hall–Kier alpha value is -1.85. The van der Waals surface area contributed by atoms with Crippen molar-refractivity contribution in [2.45, 2.75) is 76.5 Å². The molecule has 1 heterocycles. The topological polar surface area (TPSA) is 168 Å². The molecule has 0 aliphatic carbocycles. The van der Waals surface area contributed by atoms with Crippen molar-refractivity contribution in [3.63, 3.8) is 0 Å². The number of thiol groups is 1. The molecule has 0 bridgehead atoms. The van der Waals surface area contributed by atoms with E-state index in [0.29, 0.717) is 32.4 Å². The molecule has 0 aromatic heterocycles. The number of carbonyl (C=O) groups is 4. The van der Waals surface area contributed by atoms with Crippen LogP contribution in [0.4, 0.5) is 0 Å². The maximum Gasteiger partial charge on any atom is 0.326 e. The van der Waals surface area contributed by atoms with Crippen LogP contribution in [0.2, 0.25) is 0 Å². The normalized spacial score (nSPS) is 19.0. The zero-order valence-corrected chi connectivity index (χ0v) is 19.3. The molecule has 3 amide bonds. The van der Waals surface area contributed by atoms with Gasteiger partial charge < -0.3 is 32.1 Å². The molecule has 0 saturated carbocycles. The van der Waals surface area contributed by atoms with E-state index in [9.17, 15) is 24.3 Å². The quantitative estimate of drug-likeness (QED) is 0.159. The number of nitrogens with zero attached hydrogens (tertiary/aromatic N) is 1. The zero-order valence-electron chi connectivity index (χ0n) is 18.4. The van der Waals surface area contributed by atoms with Gasteiger partial charge in [0.2, 0.25) is 17.7 Å².